The topological polar surface area (TPSA) is 24.5 Å². The van der Waals surface area contributed by atoms with E-state index in [4.69, 9.17) is 4.74 Å². The van der Waals surface area contributed by atoms with Crippen LogP contribution >= 0.6 is 0 Å². The first kappa shape index (κ1) is 13.9. The third-order valence-electron chi connectivity index (χ3n) is 3.11. The standard InChI is InChI=1S/C13H28N2O/c1-6-16-12-7-11(8-12)14-9-13(2,3)10-15(4)5/h11-12,14H,6-10H2,1-5H3. The molecule has 0 aromatic heterocycles. The van der Waals surface area contributed by atoms with E-state index >= 15 is 0 Å². The summed E-state index contributed by atoms with van der Waals surface area (Å²) in [6, 6.07) is 0.679. The van der Waals surface area contributed by atoms with E-state index in [0.29, 0.717) is 17.6 Å². The molecule has 16 heavy (non-hydrogen) atoms. The third kappa shape index (κ3) is 4.81. The molecule has 0 radical (unpaired) electrons. The second-order valence-corrected chi connectivity index (χ2v) is 6.03. The highest BCUT2D eigenvalue weighted by Crippen LogP contribution is 2.24. The number of ether oxygens (including phenoxy) is 1. The van der Waals surface area contributed by atoms with Crippen molar-refractivity contribution in [1.82, 2.24) is 10.2 Å². The van der Waals surface area contributed by atoms with E-state index in [2.05, 4.69) is 45.1 Å². The Kier molecular flexibility index (Phi) is 5.22. The van der Waals surface area contributed by atoms with Crippen molar-refractivity contribution in [2.75, 3.05) is 33.8 Å². The largest absolute Gasteiger partial charge is 0.378 e. The molecule has 0 unspecified atom stereocenters. The van der Waals surface area contributed by atoms with Crippen LogP contribution in [0.4, 0.5) is 0 Å². The van der Waals surface area contributed by atoms with Crippen molar-refractivity contribution in [3.8, 4) is 0 Å². The summed E-state index contributed by atoms with van der Waals surface area (Å²) in [6.07, 6.45) is 2.89. The molecule has 0 spiro atoms. The van der Waals surface area contributed by atoms with Crippen molar-refractivity contribution in [3.05, 3.63) is 0 Å². The molecule has 1 saturated carbocycles. The first-order chi connectivity index (χ1) is 7.43. The molecule has 1 rings (SSSR count). The van der Waals surface area contributed by atoms with Crippen molar-refractivity contribution in [2.24, 2.45) is 5.41 Å². The zero-order valence-electron chi connectivity index (χ0n) is 11.5. The average molecular weight is 228 g/mol. The lowest BCUT2D eigenvalue weighted by molar-refractivity contribution is -0.0120. The van der Waals surface area contributed by atoms with Crippen LogP contribution < -0.4 is 5.32 Å². The first-order valence-electron chi connectivity index (χ1n) is 6.42. The summed E-state index contributed by atoms with van der Waals surface area (Å²) in [5.74, 6) is 0. The first-order valence-corrected chi connectivity index (χ1v) is 6.42. The Hall–Kier alpha value is -0.120. The van der Waals surface area contributed by atoms with Gasteiger partial charge in [0.05, 0.1) is 6.10 Å². The molecule has 3 heteroatoms. The molecule has 96 valence electrons. The Morgan fingerprint density at radius 2 is 1.94 bits per heavy atom. The van der Waals surface area contributed by atoms with Crippen LogP contribution in [-0.2, 0) is 4.74 Å². The summed E-state index contributed by atoms with van der Waals surface area (Å²) in [5.41, 5.74) is 0.347. The quantitative estimate of drug-likeness (QED) is 0.718. The van der Waals surface area contributed by atoms with Crippen LogP contribution in [0.25, 0.3) is 0 Å². The summed E-state index contributed by atoms with van der Waals surface area (Å²) in [6.45, 7) is 9.78. The van der Waals surface area contributed by atoms with Crippen molar-refractivity contribution in [3.63, 3.8) is 0 Å². The van der Waals surface area contributed by atoms with Gasteiger partial charge < -0.3 is 15.0 Å². The molecule has 1 N–H and O–H groups in total. The Morgan fingerprint density at radius 3 is 2.44 bits per heavy atom. The number of rotatable bonds is 7. The van der Waals surface area contributed by atoms with E-state index in [-0.39, 0.29) is 0 Å². The van der Waals surface area contributed by atoms with Gasteiger partial charge in [-0.25, -0.2) is 0 Å². The van der Waals surface area contributed by atoms with Gasteiger partial charge in [-0.15, -0.1) is 0 Å². The number of hydrogen-bond donors (Lipinski definition) is 1. The van der Waals surface area contributed by atoms with Gasteiger partial charge in [-0.1, -0.05) is 13.8 Å². The number of nitrogens with zero attached hydrogens (tertiary/aromatic N) is 1. The minimum absolute atomic E-state index is 0.347. The molecule has 1 aliphatic carbocycles. The molecule has 0 bridgehead atoms. The molecular weight excluding hydrogens is 200 g/mol. The van der Waals surface area contributed by atoms with Gasteiger partial charge in [-0.3, -0.25) is 0 Å². The van der Waals surface area contributed by atoms with Crippen LogP contribution in [0.15, 0.2) is 0 Å². The molecule has 0 aromatic rings. The second-order valence-electron chi connectivity index (χ2n) is 6.03. The normalized spacial score (nSPS) is 25.9. The van der Waals surface area contributed by atoms with E-state index in [1.54, 1.807) is 0 Å². The van der Waals surface area contributed by atoms with Crippen molar-refractivity contribution in [1.29, 1.82) is 0 Å². The van der Waals surface area contributed by atoms with Crippen LogP contribution in [0.5, 0.6) is 0 Å². The summed E-state index contributed by atoms with van der Waals surface area (Å²) in [7, 11) is 4.27. The Labute approximate surface area is 101 Å². The summed E-state index contributed by atoms with van der Waals surface area (Å²) in [4.78, 5) is 2.26. The highest BCUT2D eigenvalue weighted by molar-refractivity contribution is 4.88. The molecule has 1 aliphatic rings. The lowest BCUT2D eigenvalue weighted by atomic mass is 9.86. The summed E-state index contributed by atoms with van der Waals surface area (Å²) in [5, 5.41) is 3.65. The van der Waals surface area contributed by atoms with Gasteiger partial charge in [0.25, 0.3) is 0 Å². The molecule has 0 amide bonds. The van der Waals surface area contributed by atoms with E-state index < -0.39 is 0 Å². The van der Waals surface area contributed by atoms with Crippen LogP contribution in [-0.4, -0.2) is 50.8 Å². The minimum atomic E-state index is 0.347. The van der Waals surface area contributed by atoms with Gasteiger partial charge in [-0.2, -0.15) is 0 Å². The predicted molar refractivity (Wildman–Crippen MR) is 68.8 cm³/mol. The number of hydrogen-bond acceptors (Lipinski definition) is 3. The van der Waals surface area contributed by atoms with Gasteiger partial charge >= 0.3 is 0 Å². The van der Waals surface area contributed by atoms with Gasteiger partial charge in [-0.05, 0) is 39.3 Å². The molecule has 3 nitrogen and oxygen atoms in total. The van der Waals surface area contributed by atoms with Crippen molar-refractivity contribution >= 4 is 0 Å². The Balaban J connectivity index is 2.11. The molecule has 0 saturated heterocycles. The van der Waals surface area contributed by atoms with Gasteiger partial charge in [0.2, 0.25) is 0 Å². The fourth-order valence-corrected chi connectivity index (χ4v) is 2.44. The maximum absolute atomic E-state index is 5.56. The van der Waals surface area contributed by atoms with Gasteiger partial charge in [0.15, 0.2) is 0 Å². The molecule has 0 aliphatic heterocycles. The van der Waals surface area contributed by atoms with Crippen molar-refractivity contribution in [2.45, 2.75) is 45.8 Å². The number of nitrogens with one attached hydrogen (secondary N) is 1. The van der Waals surface area contributed by atoms with Gasteiger partial charge in [0, 0.05) is 25.7 Å². The van der Waals surface area contributed by atoms with Crippen LogP contribution in [0, 0.1) is 5.41 Å². The van der Waals surface area contributed by atoms with Crippen molar-refractivity contribution < 1.29 is 4.74 Å². The Morgan fingerprint density at radius 1 is 1.31 bits per heavy atom. The summed E-state index contributed by atoms with van der Waals surface area (Å²) >= 11 is 0. The molecule has 0 atom stereocenters. The molecule has 0 heterocycles. The van der Waals surface area contributed by atoms with Crippen LogP contribution in [0.3, 0.4) is 0 Å². The van der Waals surface area contributed by atoms with E-state index in [0.717, 1.165) is 19.7 Å². The van der Waals surface area contributed by atoms with E-state index in [1.807, 2.05) is 0 Å². The average Bonchev–Trinajstić information content (AvgIpc) is 2.06. The predicted octanol–water partition coefficient (Wildman–Crippen LogP) is 1.73. The van der Waals surface area contributed by atoms with Crippen LogP contribution in [0.2, 0.25) is 0 Å². The maximum Gasteiger partial charge on any atom is 0.0604 e. The lowest BCUT2D eigenvalue weighted by Crippen LogP contribution is -2.49. The van der Waals surface area contributed by atoms with Gasteiger partial charge in [0.1, 0.15) is 0 Å². The lowest BCUT2D eigenvalue weighted by Gasteiger charge is -2.38. The zero-order chi connectivity index (χ0) is 12.2. The fourth-order valence-electron chi connectivity index (χ4n) is 2.44. The smallest absolute Gasteiger partial charge is 0.0604 e. The van der Waals surface area contributed by atoms with E-state index in [9.17, 15) is 0 Å². The highest BCUT2D eigenvalue weighted by atomic mass is 16.5. The molecule has 1 fully saturated rings. The van der Waals surface area contributed by atoms with E-state index in [1.165, 1.54) is 12.8 Å². The fraction of sp³-hybridized carbons (Fsp3) is 1.00. The maximum atomic E-state index is 5.56. The third-order valence-corrected chi connectivity index (χ3v) is 3.11. The Bertz CT molecular complexity index is 198. The van der Waals surface area contributed by atoms with Crippen LogP contribution in [0.1, 0.15) is 33.6 Å². The SMILES string of the molecule is CCOC1CC(NCC(C)(C)CN(C)C)C1. The monoisotopic (exact) mass is 228 g/mol. The minimum Gasteiger partial charge on any atom is -0.378 e. The summed E-state index contributed by atoms with van der Waals surface area (Å²) < 4.78 is 5.56. The molecular formula is C13H28N2O. The molecule has 0 aromatic carbocycles. The highest BCUT2D eigenvalue weighted by Gasteiger charge is 2.30. The second kappa shape index (κ2) is 5.99. The zero-order valence-corrected chi connectivity index (χ0v) is 11.5.